The zero-order chi connectivity index (χ0) is 17.3. The number of aryl methyl sites for hydroxylation is 3. The second-order valence-electron chi connectivity index (χ2n) is 5.84. The molecule has 0 saturated heterocycles. The number of aromatic nitrogens is 2. The van der Waals surface area contributed by atoms with E-state index in [0.29, 0.717) is 5.69 Å². The molecule has 1 heterocycles. The minimum Gasteiger partial charge on any atom is -0.320 e. The van der Waals surface area contributed by atoms with Crippen LogP contribution in [0.1, 0.15) is 21.6 Å². The lowest BCUT2D eigenvalue weighted by Crippen LogP contribution is -2.13. The van der Waals surface area contributed by atoms with Gasteiger partial charge < -0.3 is 5.32 Å². The maximum absolute atomic E-state index is 12.5. The van der Waals surface area contributed by atoms with E-state index in [0.717, 1.165) is 27.0 Å². The Labute approximate surface area is 149 Å². The van der Waals surface area contributed by atoms with Crippen LogP contribution in [0, 0.1) is 13.8 Å². The Kier molecular flexibility index (Phi) is 4.53. The molecule has 0 bridgehead atoms. The molecule has 0 aliphatic carbocycles. The molecule has 1 aromatic heterocycles. The van der Waals surface area contributed by atoms with Crippen molar-refractivity contribution < 1.29 is 4.79 Å². The molecule has 1 N–H and O–H groups in total. The van der Waals surface area contributed by atoms with E-state index in [1.165, 1.54) is 5.56 Å². The summed E-state index contributed by atoms with van der Waals surface area (Å²) in [5.74, 6) is -0.228. The van der Waals surface area contributed by atoms with Crippen molar-refractivity contribution in [3.8, 4) is 11.3 Å². The average molecular weight is 384 g/mol. The molecule has 5 heteroatoms. The number of amides is 1. The van der Waals surface area contributed by atoms with Gasteiger partial charge in [-0.05, 0) is 59.1 Å². The summed E-state index contributed by atoms with van der Waals surface area (Å²) in [5, 5.41) is 7.24. The summed E-state index contributed by atoms with van der Waals surface area (Å²) in [5.41, 5.74) is 5.38. The Balaban J connectivity index is 1.86. The minimum atomic E-state index is -0.228. The van der Waals surface area contributed by atoms with Crippen molar-refractivity contribution in [2.24, 2.45) is 7.05 Å². The summed E-state index contributed by atoms with van der Waals surface area (Å²) >= 11 is 3.47. The van der Waals surface area contributed by atoms with E-state index in [9.17, 15) is 4.79 Å². The van der Waals surface area contributed by atoms with Crippen LogP contribution in [0.15, 0.2) is 53.0 Å². The van der Waals surface area contributed by atoms with E-state index >= 15 is 0 Å². The molecule has 4 nitrogen and oxygen atoms in total. The second-order valence-corrected chi connectivity index (χ2v) is 6.70. The minimum absolute atomic E-state index is 0.228. The third-order valence-electron chi connectivity index (χ3n) is 3.83. The van der Waals surface area contributed by atoms with Crippen molar-refractivity contribution in [2.45, 2.75) is 13.8 Å². The molecule has 0 radical (unpaired) electrons. The first kappa shape index (κ1) is 16.5. The van der Waals surface area contributed by atoms with Crippen LogP contribution in [-0.2, 0) is 7.05 Å². The van der Waals surface area contributed by atoms with Crippen molar-refractivity contribution in [3.05, 3.63) is 69.8 Å². The van der Waals surface area contributed by atoms with Gasteiger partial charge in [0.05, 0.1) is 11.4 Å². The highest BCUT2D eigenvalue weighted by Gasteiger charge is 2.15. The summed E-state index contributed by atoms with van der Waals surface area (Å²) < 4.78 is 2.58. The largest absolute Gasteiger partial charge is 0.320 e. The van der Waals surface area contributed by atoms with Crippen molar-refractivity contribution in [1.29, 1.82) is 0 Å². The highest BCUT2D eigenvalue weighted by atomic mass is 79.9. The van der Waals surface area contributed by atoms with Gasteiger partial charge >= 0.3 is 0 Å². The molecular weight excluding hydrogens is 366 g/mol. The Hall–Kier alpha value is -2.40. The van der Waals surface area contributed by atoms with Gasteiger partial charge in [0.2, 0.25) is 0 Å². The molecule has 1 amide bonds. The monoisotopic (exact) mass is 383 g/mol. The first-order valence-electron chi connectivity index (χ1n) is 7.62. The predicted octanol–water partition coefficient (Wildman–Crippen LogP) is 4.72. The van der Waals surface area contributed by atoms with E-state index in [-0.39, 0.29) is 5.91 Å². The van der Waals surface area contributed by atoms with Crippen molar-refractivity contribution in [2.75, 3.05) is 5.32 Å². The topological polar surface area (TPSA) is 46.9 Å². The molecule has 24 heavy (non-hydrogen) atoms. The van der Waals surface area contributed by atoms with Gasteiger partial charge in [-0.3, -0.25) is 9.48 Å². The van der Waals surface area contributed by atoms with E-state index in [4.69, 9.17) is 0 Å². The number of nitrogens with zero attached hydrogens (tertiary/aromatic N) is 2. The second kappa shape index (κ2) is 6.61. The quantitative estimate of drug-likeness (QED) is 0.711. The van der Waals surface area contributed by atoms with Gasteiger partial charge in [-0.15, -0.1) is 0 Å². The fraction of sp³-hybridized carbons (Fsp3) is 0.158. The SMILES string of the molecule is Cc1ccc(-c2cc(C(=O)Nc3ccc(C)cc3Br)nn2C)cc1. The predicted molar refractivity (Wildman–Crippen MR) is 100 cm³/mol. The normalized spacial score (nSPS) is 10.7. The zero-order valence-electron chi connectivity index (χ0n) is 13.8. The summed E-state index contributed by atoms with van der Waals surface area (Å²) in [4.78, 5) is 12.5. The van der Waals surface area contributed by atoms with E-state index < -0.39 is 0 Å². The van der Waals surface area contributed by atoms with Crippen molar-refractivity contribution in [3.63, 3.8) is 0 Å². The van der Waals surface area contributed by atoms with Gasteiger partial charge in [-0.25, -0.2) is 0 Å². The number of nitrogens with one attached hydrogen (secondary N) is 1. The molecule has 0 spiro atoms. The molecular formula is C19H18BrN3O. The van der Waals surface area contributed by atoms with Gasteiger partial charge in [-0.2, -0.15) is 5.10 Å². The number of anilines is 1. The van der Waals surface area contributed by atoms with Gasteiger partial charge in [0.1, 0.15) is 0 Å². The summed E-state index contributed by atoms with van der Waals surface area (Å²) in [6.07, 6.45) is 0. The first-order chi connectivity index (χ1) is 11.4. The summed E-state index contributed by atoms with van der Waals surface area (Å²) in [7, 11) is 1.84. The van der Waals surface area contributed by atoms with Crippen LogP contribution >= 0.6 is 15.9 Å². The summed E-state index contributed by atoms with van der Waals surface area (Å²) in [6.45, 7) is 4.05. The Bertz CT molecular complexity index is 897. The maximum atomic E-state index is 12.5. The van der Waals surface area contributed by atoms with Crippen LogP contribution in [0.25, 0.3) is 11.3 Å². The van der Waals surface area contributed by atoms with Crippen LogP contribution in [0.4, 0.5) is 5.69 Å². The lowest BCUT2D eigenvalue weighted by molar-refractivity contribution is 0.102. The van der Waals surface area contributed by atoms with Crippen LogP contribution in [0.2, 0.25) is 0 Å². The number of hydrogen-bond acceptors (Lipinski definition) is 2. The molecule has 3 rings (SSSR count). The van der Waals surface area contributed by atoms with Crippen LogP contribution in [-0.4, -0.2) is 15.7 Å². The average Bonchev–Trinajstić information content (AvgIpc) is 2.93. The molecule has 0 saturated carbocycles. The van der Waals surface area contributed by atoms with Gasteiger partial charge in [0, 0.05) is 11.5 Å². The number of carbonyl (C=O) groups is 1. The molecule has 0 aliphatic rings. The van der Waals surface area contributed by atoms with E-state index in [2.05, 4.69) is 26.3 Å². The van der Waals surface area contributed by atoms with E-state index in [1.807, 2.05) is 69.4 Å². The van der Waals surface area contributed by atoms with Gasteiger partial charge in [-0.1, -0.05) is 35.9 Å². The third-order valence-corrected chi connectivity index (χ3v) is 4.49. The maximum Gasteiger partial charge on any atom is 0.276 e. The van der Waals surface area contributed by atoms with Crippen LogP contribution in [0.5, 0.6) is 0 Å². The number of carbonyl (C=O) groups excluding carboxylic acids is 1. The Morgan fingerprint density at radius 3 is 2.38 bits per heavy atom. The number of hydrogen-bond donors (Lipinski definition) is 1. The molecule has 2 aromatic carbocycles. The Morgan fingerprint density at radius 1 is 1.04 bits per heavy atom. The third kappa shape index (κ3) is 3.41. The fourth-order valence-corrected chi connectivity index (χ4v) is 3.07. The van der Waals surface area contributed by atoms with Gasteiger partial charge in [0.15, 0.2) is 5.69 Å². The number of halogens is 1. The molecule has 3 aromatic rings. The highest BCUT2D eigenvalue weighted by Crippen LogP contribution is 2.25. The van der Waals surface area contributed by atoms with Crippen LogP contribution in [0.3, 0.4) is 0 Å². The molecule has 0 aliphatic heterocycles. The highest BCUT2D eigenvalue weighted by molar-refractivity contribution is 9.10. The first-order valence-corrected chi connectivity index (χ1v) is 8.42. The Morgan fingerprint density at radius 2 is 1.71 bits per heavy atom. The summed E-state index contributed by atoms with van der Waals surface area (Å²) in [6, 6.07) is 15.8. The zero-order valence-corrected chi connectivity index (χ0v) is 15.4. The van der Waals surface area contributed by atoms with Gasteiger partial charge in [0.25, 0.3) is 5.91 Å². The number of benzene rings is 2. The fourth-order valence-electron chi connectivity index (χ4n) is 2.48. The van der Waals surface area contributed by atoms with E-state index in [1.54, 1.807) is 4.68 Å². The van der Waals surface area contributed by atoms with Crippen LogP contribution < -0.4 is 5.32 Å². The molecule has 122 valence electrons. The van der Waals surface area contributed by atoms with Crippen molar-refractivity contribution in [1.82, 2.24) is 9.78 Å². The molecule has 0 unspecified atom stereocenters. The molecule has 0 atom stereocenters. The lowest BCUT2D eigenvalue weighted by atomic mass is 10.1. The number of rotatable bonds is 3. The van der Waals surface area contributed by atoms with Crippen molar-refractivity contribution >= 4 is 27.5 Å². The standard InChI is InChI=1S/C19H18BrN3O/c1-12-4-7-14(8-5-12)18-11-17(22-23(18)3)19(24)21-16-9-6-13(2)10-15(16)20/h4-11H,1-3H3,(H,21,24). The lowest BCUT2D eigenvalue weighted by Gasteiger charge is -2.06. The molecule has 0 fully saturated rings. The smallest absolute Gasteiger partial charge is 0.276 e.